The Morgan fingerprint density at radius 3 is 2.51 bits per heavy atom. The molecule has 0 radical (unpaired) electrons. The van der Waals surface area contributed by atoms with E-state index in [0.717, 1.165) is 63.3 Å². The van der Waals surface area contributed by atoms with Crippen LogP contribution in [0.1, 0.15) is 56.8 Å². The molecule has 0 bridgehead atoms. The van der Waals surface area contributed by atoms with Crippen LogP contribution < -0.4 is 15.4 Å². The highest BCUT2D eigenvalue weighted by molar-refractivity contribution is 5.82. The number of hydrogen-bond donors (Lipinski definition) is 1. The van der Waals surface area contributed by atoms with Crippen molar-refractivity contribution < 1.29 is 18.4 Å². The van der Waals surface area contributed by atoms with Gasteiger partial charge in [0.2, 0.25) is 11.8 Å². The number of halogens is 1. The number of benzene rings is 1. The molecule has 2 N–H and O–H groups in total. The highest BCUT2D eigenvalue weighted by atomic mass is 19.1. The molecule has 2 saturated heterocycles. The van der Waals surface area contributed by atoms with E-state index < -0.39 is 6.04 Å². The molecule has 1 aromatic carbocycles. The number of nitrogens with two attached hydrogens (primary N) is 1. The van der Waals surface area contributed by atoms with Crippen LogP contribution in [0.2, 0.25) is 0 Å². The zero-order valence-corrected chi connectivity index (χ0v) is 22.7. The van der Waals surface area contributed by atoms with E-state index in [0.29, 0.717) is 35.5 Å². The first-order valence-corrected chi connectivity index (χ1v) is 13.9. The van der Waals surface area contributed by atoms with Crippen molar-refractivity contribution in [3.63, 3.8) is 0 Å². The number of pyridine rings is 1. The van der Waals surface area contributed by atoms with Gasteiger partial charge in [-0.25, -0.2) is 9.37 Å². The van der Waals surface area contributed by atoms with Crippen LogP contribution in [0.25, 0.3) is 11.1 Å². The second-order valence-electron chi connectivity index (χ2n) is 10.9. The van der Waals surface area contributed by atoms with E-state index in [2.05, 4.69) is 20.0 Å². The average molecular weight is 537 g/mol. The summed E-state index contributed by atoms with van der Waals surface area (Å²) in [6, 6.07) is 8.57. The van der Waals surface area contributed by atoms with E-state index >= 15 is 0 Å². The van der Waals surface area contributed by atoms with E-state index in [-0.39, 0.29) is 24.1 Å². The molecule has 2 aliphatic heterocycles. The number of likely N-dealkylation sites (tertiary alicyclic amines) is 1. The summed E-state index contributed by atoms with van der Waals surface area (Å²) in [5.74, 6) is 1.46. The van der Waals surface area contributed by atoms with E-state index in [1.165, 1.54) is 6.07 Å². The number of rotatable bonds is 9. The molecule has 2 fully saturated rings. The van der Waals surface area contributed by atoms with Crippen molar-refractivity contribution in [3.8, 4) is 17.0 Å². The molecule has 0 spiro atoms. The molecule has 5 rings (SSSR count). The van der Waals surface area contributed by atoms with Crippen molar-refractivity contribution in [3.05, 3.63) is 53.7 Å². The van der Waals surface area contributed by atoms with Gasteiger partial charge in [0, 0.05) is 49.9 Å². The van der Waals surface area contributed by atoms with Gasteiger partial charge in [-0.15, -0.1) is 0 Å². The Hall–Kier alpha value is -3.53. The Balaban J connectivity index is 1.10. The van der Waals surface area contributed by atoms with Gasteiger partial charge in [-0.2, -0.15) is 4.98 Å². The van der Waals surface area contributed by atoms with Gasteiger partial charge in [-0.3, -0.25) is 4.79 Å². The summed E-state index contributed by atoms with van der Waals surface area (Å²) >= 11 is 0. The molecule has 208 valence electrons. The van der Waals surface area contributed by atoms with Gasteiger partial charge in [-0.1, -0.05) is 31.1 Å². The first-order chi connectivity index (χ1) is 18.9. The third kappa shape index (κ3) is 6.55. The lowest BCUT2D eigenvalue weighted by molar-refractivity contribution is -0.131. The minimum Gasteiger partial charge on any atom is -0.477 e. The van der Waals surface area contributed by atoms with Gasteiger partial charge in [0.15, 0.2) is 5.82 Å². The van der Waals surface area contributed by atoms with Crippen LogP contribution in [0.15, 0.2) is 41.1 Å². The SMILES string of the molecule is CC(C)c1noc(N2CCC(COc3ccc(-c4ccc(C[C@H](N)C(=O)N5CCCC5)c(F)c4)cn3)CC2)n1. The summed E-state index contributed by atoms with van der Waals surface area (Å²) in [5.41, 5.74) is 8.04. The van der Waals surface area contributed by atoms with Crippen molar-refractivity contribution >= 4 is 11.9 Å². The van der Waals surface area contributed by atoms with Crippen LogP contribution in [0.4, 0.5) is 10.4 Å². The van der Waals surface area contributed by atoms with Crippen molar-refractivity contribution in [1.82, 2.24) is 20.0 Å². The number of ether oxygens (including phenoxy) is 1. The summed E-state index contributed by atoms with van der Waals surface area (Å²) in [5, 5.41) is 4.05. The fraction of sp³-hybridized carbons (Fsp3) is 0.517. The molecule has 1 amide bonds. The lowest BCUT2D eigenvalue weighted by atomic mass is 9.98. The van der Waals surface area contributed by atoms with Gasteiger partial charge in [0.25, 0.3) is 0 Å². The number of anilines is 1. The number of hydrogen-bond acceptors (Lipinski definition) is 8. The number of carbonyl (C=O) groups excluding carboxylic acids is 1. The van der Waals surface area contributed by atoms with Gasteiger partial charge >= 0.3 is 6.01 Å². The normalized spacial score (nSPS) is 17.2. The van der Waals surface area contributed by atoms with Crippen LogP contribution in [0, 0.1) is 11.7 Å². The van der Waals surface area contributed by atoms with Crippen molar-refractivity contribution in [2.75, 3.05) is 37.7 Å². The third-order valence-corrected chi connectivity index (χ3v) is 7.60. The summed E-state index contributed by atoms with van der Waals surface area (Å²) < 4.78 is 26.2. The molecule has 4 heterocycles. The number of aromatic nitrogens is 3. The van der Waals surface area contributed by atoms with Gasteiger partial charge in [-0.05, 0) is 61.3 Å². The van der Waals surface area contributed by atoms with Crippen LogP contribution >= 0.6 is 0 Å². The molecule has 39 heavy (non-hydrogen) atoms. The maximum Gasteiger partial charge on any atom is 0.324 e. The molecule has 3 aromatic rings. The molecule has 2 aromatic heterocycles. The summed E-state index contributed by atoms with van der Waals surface area (Å²) in [6.07, 6.45) is 5.81. The van der Waals surface area contributed by atoms with Crippen molar-refractivity contribution in [2.45, 2.75) is 57.9 Å². The Kier molecular flexibility index (Phi) is 8.40. The topological polar surface area (TPSA) is 111 Å². The molecule has 0 aliphatic carbocycles. The molecule has 9 nitrogen and oxygen atoms in total. The van der Waals surface area contributed by atoms with Crippen LogP contribution in [0.3, 0.4) is 0 Å². The van der Waals surface area contributed by atoms with Crippen LogP contribution in [-0.2, 0) is 11.2 Å². The fourth-order valence-electron chi connectivity index (χ4n) is 5.11. The zero-order valence-electron chi connectivity index (χ0n) is 22.7. The molecule has 0 unspecified atom stereocenters. The predicted octanol–water partition coefficient (Wildman–Crippen LogP) is 4.18. The van der Waals surface area contributed by atoms with E-state index in [1.807, 2.05) is 32.0 Å². The van der Waals surface area contributed by atoms with Gasteiger partial charge < -0.3 is 24.8 Å². The number of amides is 1. The Morgan fingerprint density at radius 2 is 1.87 bits per heavy atom. The monoisotopic (exact) mass is 536 g/mol. The van der Waals surface area contributed by atoms with E-state index in [9.17, 15) is 9.18 Å². The summed E-state index contributed by atoms with van der Waals surface area (Å²) in [6.45, 7) is 7.84. The highest BCUT2D eigenvalue weighted by Gasteiger charge is 2.25. The Morgan fingerprint density at radius 1 is 1.13 bits per heavy atom. The maximum absolute atomic E-state index is 14.9. The summed E-state index contributed by atoms with van der Waals surface area (Å²) in [4.78, 5) is 25.3. The Labute approximate surface area is 228 Å². The lowest BCUT2D eigenvalue weighted by Gasteiger charge is -2.30. The van der Waals surface area contributed by atoms with Crippen LogP contribution in [0.5, 0.6) is 5.88 Å². The highest BCUT2D eigenvalue weighted by Crippen LogP contribution is 2.26. The van der Waals surface area contributed by atoms with E-state index in [4.69, 9.17) is 15.0 Å². The third-order valence-electron chi connectivity index (χ3n) is 7.60. The fourth-order valence-corrected chi connectivity index (χ4v) is 5.11. The quantitative estimate of drug-likeness (QED) is 0.434. The maximum atomic E-state index is 14.9. The van der Waals surface area contributed by atoms with Crippen LogP contribution in [-0.4, -0.2) is 64.8 Å². The summed E-state index contributed by atoms with van der Waals surface area (Å²) in [7, 11) is 0. The predicted molar refractivity (Wildman–Crippen MR) is 146 cm³/mol. The molecular formula is C29H37FN6O3. The largest absolute Gasteiger partial charge is 0.477 e. The number of piperidine rings is 1. The molecule has 2 aliphatic rings. The molecule has 1 atom stereocenters. The first kappa shape index (κ1) is 27.1. The number of carbonyl (C=O) groups is 1. The number of nitrogens with zero attached hydrogens (tertiary/aromatic N) is 5. The minimum atomic E-state index is -0.731. The second-order valence-corrected chi connectivity index (χ2v) is 10.9. The smallest absolute Gasteiger partial charge is 0.324 e. The average Bonchev–Trinajstić information content (AvgIpc) is 3.66. The van der Waals surface area contributed by atoms with Gasteiger partial charge in [0.1, 0.15) is 5.82 Å². The second kappa shape index (κ2) is 12.1. The minimum absolute atomic E-state index is 0.103. The lowest BCUT2D eigenvalue weighted by Crippen LogP contribution is -2.43. The Bertz CT molecular complexity index is 1250. The molecular weight excluding hydrogens is 499 g/mol. The zero-order chi connectivity index (χ0) is 27.4. The standard InChI is InChI=1S/C29H37FN6O3/c1-19(2)27-33-29(39-34-27)36-13-9-20(10-14-36)18-38-26-8-7-23(17-32-26)21-5-6-22(24(30)15-21)16-25(31)28(37)35-11-3-4-12-35/h5-8,15,17,19-20,25H,3-4,9-14,16,18,31H2,1-2H3/t25-/m0/s1. The van der Waals surface area contributed by atoms with Crippen molar-refractivity contribution in [1.29, 1.82) is 0 Å². The van der Waals surface area contributed by atoms with Crippen molar-refractivity contribution in [2.24, 2.45) is 11.7 Å². The van der Waals surface area contributed by atoms with E-state index in [1.54, 1.807) is 17.2 Å². The first-order valence-electron chi connectivity index (χ1n) is 13.9. The molecule has 10 heteroatoms. The molecule has 0 saturated carbocycles. The van der Waals surface area contributed by atoms with Gasteiger partial charge in [0.05, 0.1) is 12.6 Å².